The predicted octanol–water partition coefficient (Wildman–Crippen LogP) is 4.41. The van der Waals surface area contributed by atoms with Gasteiger partial charge >= 0.3 is 12.1 Å². The van der Waals surface area contributed by atoms with Gasteiger partial charge < -0.3 is 20.1 Å². The molecule has 1 saturated heterocycles. The molecule has 34 heavy (non-hydrogen) atoms. The van der Waals surface area contributed by atoms with Crippen LogP contribution in [0.2, 0.25) is 0 Å². The van der Waals surface area contributed by atoms with Gasteiger partial charge in [0.25, 0.3) is 0 Å². The maximum absolute atomic E-state index is 13.4. The average Bonchev–Trinajstić information content (AvgIpc) is 3.39. The number of alkyl carbamates (subject to hydrolysis) is 1. The first-order chi connectivity index (χ1) is 16.3. The number of rotatable bonds is 7. The summed E-state index contributed by atoms with van der Waals surface area (Å²) in [5.74, 6) is -1.65. The Hall–Kier alpha value is -3.35. The Morgan fingerprint density at radius 3 is 2.26 bits per heavy atom. The number of carbonyl (C=O) groups excluding carboxylic acids is 2. The molecule has 0 saturated carbocycles. The highest BCUT2D eigenvalue weighted by Gasteiger charge is 2.48. The van der Waals surface area contributed by atoms with Crippen molar-refractivity contribution in [3.05, 3.63) is 59.7 Å². The number of amides is 2. The molecule has 1 unspecified atom stereocenters. The van der Waals surface area contributed by atoms with E-state index in [0.29, 0.717) is 25.8 Å². The third kappa shape index (κ3) is 4.15. The number of fused-ring (bicyclic) bond motifs is 3. The first-order valence-corrected chi connectivity index (χ1v) is 11.9. The first-order valence-electron chi connectivity index (χ1n) is 11.9. The molecule has 7 nitrogen and oxygen atoms in total. The molecule has 0 spiro atoms. The number of carboxylic acid groups (broad SMARTS) is 1. The van der Waals surface area contributed by atoms with Crippen molar-refractivity contribution < 1.29 is 24.2 Å². The maximum Gasteiger partial charge on any atom is 0.407 e. The zero-order valence-electron chi connectivity index (χ0n) is 19.9. The van der Waals surface area contributed by atoms with E-state index >= 15 is 0 Å². The molecular weight excluding hydrogens is 432 g/mol. The van der Waals surface area contributed by atoms with E-state index < -0.39 is 23.6 Å². The number of likely N-dealkylation sites (tertiary alicyclic amines) is 1. The van der Waals surface area contributed by atoms with Gasteiger partial charge in [0.1, 0.15) is 18.2 Å². The predicted molar refractivity (Wildman–Crippen MR) is 128 cm³/mol. The Labute approximate surface area is 200 Å². The van der Waals surface area contributed by atoms with Crippen LogP contribution >= 0.6 is 0 Å². The quantitative estimate of drug-likeness (QED) is 0.633. The number of hydrogen-bond acceptors (Lipinski definition) is 4. The Morgan fingerprint density at radius 1 is 1.12 bits per heavy atom. The lowest BCUT2D eigenvalue weighted by molar-refractivity contribution is -0.156. The maximum atomic E-state index is 13.4. The molecule has 0 radical (unpaired) electrons. The highest BCUT2D eigenvalue weighted by Crippen LogP contribution is 2.44. The molecule has 4 rings (SSSR count). The van der Waals surface area contributed by atoms with Crippen molar-refractivity contribution in [3.8, 4) is 11.1 Å². The van der Waals surface area contributed by atoms with E-state index in [-0.39, 0.29) is 24.3 Å². The highest BCUT2D eigenvalue weighted by molar-refractivity contribution is 5.92. The topological polar surface area (TPSA) is 95.9 Å². The van der Waals surface area contributed by atoms with E-state index in [0.717, 1.165) is 22.3 Å². The van der Waals surface area contributed by atoms with E-state index in [1.165, 1.54) is 4.90 Å². The average molecular weight is 465 g/mol. The Morgan fingerprint density at radius 2 is 1.71 bits per heavy atom. The van der Waals surface area contributed by atoms with Crippen molar-refractivity contribution >= 4 is 18.0 Å². The summed E-state index contributed by atoms with van der Waals surface area (Å²) < 4.78 is 5.64. The molecule has 7 heteroatoms. The van der Waals surface area contributed by atoms with Crippen LogP contribution in [0.1, 0.15) is 57.1 Å². The van der Waals surface area contributed by atoms with Crippen molar-refractivity contribution in [1.82, 2.24) is 10.2 Å². The van der Waals surface area contributed by atoms with E-state index in [1.807, 2.05) is 50.2 Å². The Bertz CT molecular complexity index is 1050. The smallest absolute Gasteiger partial charge is 0.407 e. The van der Waals surface area contributed by atoms with Crippen LogP contribution in [0.4, 0.5) is 4.79 Å². The van der Waals surface area contributed by atoms with E-state index in [1.54, 1.807) is 6.92 Å². The number of aliphatic carboxylic acids is 1. The van der Waals surface area contributed by atoms with Crippen molar-refractivity contribution in [2.24, 2.45) is 5.92 Å². The van der Waals surface area contributed by atoms with Gasteiger partial charge in [-0.3, -0.25) is 4.79 Å². The second kappa shape index (κ2) is 9.49. The largest absolute Gasteiger partial charge is 0.480 e. The van der Waals surface area contributed by atoms with E-state index in [4.69, 9.17) is 4.74 Å². The summed E-state index contributed by atoms with van der Waals surface area (Å²) in [6.07, 6.45) is 0.994. The van der Waals surface area contributed by atoms with Crippen molar-refractivity contribution in [2.75, 3.05) is 13.2 Å². The minimum atomic E-state index is -1.26. The van der Waals surface area contributed by atoms with E-state index in [2.05, 4.69) is 17.4 Å². The fraction of sp³-hybridized carbons (Fsp3) is 0.444. The van der Waals surface area contributed by atoms with Gasteiger partial charge in [-0.05, 0) is 47.9 Å². The summed E-state index contributed by atoms with van der Waals surface area (Å²) in [5.41, 5.74) is 3.25. The van der Waals surface area contributed by atoms with Gasteiger partial charge in [0.05, 0.1) is 0 Å². The van der Waals surface area contributed by atoms with Gasteiger partial charge in [-0.1, -0.05) is 68.8 Å². The second-order valence-corrected chi connectivity index (χ2v) is 9.51. The lowest BCUT2D eigenvalue weighted by Crippen LogP contribution is -2.58. The second-order valence-electron chi connectivity index (χ2n) is 9.51. The first kappa shape index (κ1) is 23.8. The number of nitrogens with zero attached hydrogens (tertiary/aromatic N) is 1. The zero-order chi connectivity index (χ0) is 24.5. The minimum Gasteiger partial charge on any atom is -0.480 e. The highest BCUT2D eigenvalue weighted by atomic mass is 16.5. The van der Waals surface area contributed by atoms with Crippen molar-refractivity contribution in [1.29, 1.82) is 0 Å². The van der Waals surface area contributed by atoms with Crippen LogP contribution in [0, 0.1) is 5.92 Å². The third-order valence-electron chi connectivity index (χ3n) is 7.46. The molecule has 1 fully saturated rings. The monoisotopic (exact) mass is 464 g/mol. The van der Waals surface area contributed by atoms with Crippen molar-refractivity contribution in [3.63, 3.8) is 0 Å². The molecule has 1 aliphatic heterocycles. The van der Waals surface area contributed by atoms with Crippen molar-refractivity contribution in [2.45, 2.75) is 57.5 Å². The fourth-order valence-electron chi connectivity index (χ4n) is 5.16. The summed E-state index contributed by atoms with van der Waals surface area (Å²) in [5, 5.41) is 12.5. The molecule has 3 atom stereocenters. The van der Waals surface area contributed by atoms with Crippen LogP contribution in [-0.2, 0) is 14.3 Å². The molecule has 180 valence electrons. The number of nitrogens with one attached hydrogen (secondary N) is 1. The van der Waals surface area contributed by atoms with E-state index in [9.17, 15) is 19.5 Å². The summed E-state index contributed by atoms with van der Waals surface area (Å²) in [7, 11) is 0. The van der Waals surface area contributed by atoms with Gasteiger partial charge in [-0.15, -0.1) is 0 Å². The molecule has 0 bridgehead atoms. The van der Waals surface area contributed by atoms with Gasteiger partial charge in [-0.2, -0.15) is 0 Å². The fourth-order valence-corrected chi connectivity index (χ4v) is 5.16. The van der Waals surface area contributed by atoms with Crippen LogP contribution in [0.5, 0.6) is 0 Å². The third-order valence-corrected chi connectivity index (χ3v) is 7.46. The molecule has 2 aliphatic rings. The molecular formula is C27H32N2O5. The SMILES string of the molecule is CCC(C)[C@H](NC(=O)OCC1c2ccccc2-c2ccccc21)C(=O)N1CCC[C@]1(C)C(=O)O. The molecule has 2 aromatic carbocycles. The van der Waals surface area contributed by atoms with Crippen LogP contribution in [0.15, 0.2) is 48.5 Å². The number of benzene rings is 2. The molecule has 0 aromatic heterocycles. The molecule has 2 aromatic rings. The summed E-state index contributed by atoms with van der Waals surface area (Å²) in [6.45, 7) is 5.89. The Kier molecular flexibility index (Phi) is 6.64. The van der Waals surface area contributed by atoms with Gasteiger partial charge in [0, 0.05) is 12.5 Å². The lowest BCUT2D eigenvalue weighted by Gasteiger charge is -2.35. The van der Waals surface area contributed by atoms with Crippen LogP contribution < -0.4 is 5.32 Å². The minimum absolute atomic E-state index is 0.0789. The number of ether oxygens (including phenoxy) is 1. The molecule has 1 aliphatic carbocycles. The lowest BCUT2D eigenvalue weighted by atomic mass is 9.94. The summed E-state index contributed by atoms with van der Waals surface area (Å²) in [6, 6.07) is 15.3. The molecule has 2 amide bonds. The summed E-state index contributed by atoms with van der Waals surface area (Å²) in [4.78, 5) is 39.5. The normalized spacial score (nSPS) is 20.9. The number of hydrogen-bond donors (Lipinski definition) is 2. The number of carboxylic acids is 1. The number of carbonyl (C=O) groups is 3. The zero-order valence-corrected chi connectivity index (χ0v) is 19.9. The van der Waals surface area contributed by atoms with Crippen LogP contribution in [0.25, 0.3) is 11.1 Å². The molecule has 2 N–H and O–H groups in total. The van der Waals surface area contributed by atoms with Gasteiger partial charge in [0.2, 0.25) is 5.91 Å². The Balaban J connectivity index is 1.47. The summed E-state index contributed by atoms with van der Waals surface area (Å²) >= 11 is 0. The standard InChI is InChI=1S/C27H32N2O5/c1-4-17(2)23(24(30)29-15-9-14-27(29,3)25(31)32)28-26(33)34-16-22-20-12-7-5-10-18(20)19-11-6-8-13-21(19)22/h5-8,10-13,17,22-23H,4,9,14-16H2,1-3H3,(H,28,33)(H,31,32)/t17?,23-,27+/m0/s1. The van der Waals surface area contributed by atoms with Gasteiger partial charge in [0.15, 0.2) is 0 Å². The van der Waals surface area contributed by atoms with Gasteiger partial charge in [-0.25, -0.2) is 9.59 Å². The molecule has 1 heterocycles. The van der Waals surface area contributed by atoms with Crippen LogP contribution in [0.3, 0.4) is 0 Å². The van der Waals surface area contributed by atoms with Crippen LogP contribution in [-0.4, -0.2) is 52.7 Å².